The summed E-state index contributed by atoms with van der Waals surface area (Å²) in [6, 6.07) is 5.16. The number of nitrogens with one attached hydrogen (secondary N) is 1. The third-order valence-corrected chi connectivity index (χ3v) is 5.92. The SMILES string of the molecule is CC(C)NCC1CCC(C(C)(C)C)CC1c1cccs1. The molecule has 0 radical (unpaired) electrons. The quantitative estimate of drug-likeness (QED) is 0.795. The molecule has 1 aliphatic rings. The van der Waals surface area contributed by atoms with E-state index in [0.29, 0.717) is 11.5 Å². The van der Waals surface area contributed by atoms with E-state index in [4.69, 9.17) is 0 Å². The van der Waals surface area contributed by atoms with Crippen molar-refractivity contribution in [1.82, 2.24) is 5.32 Å². The molecule has 1 aliphatic carbocycles. The summed E-state index contributed by atoms with van der Waals surface area (Å²) in [5.74, 6) is 2.44. The van der Waals surface area contributed by atoms with E-state index in [2.05, 4.69) is 57.4 Å². The van der Waals surface area contributed by atoms with Crippen LogP contribution in [0.3, 0.4) is 0 Å². The van der Waals surface area contributed by atoms with Crippen LogP contribution in [-0.4, -0.2) is 12.6 Å². The highest BCUT2D eigenvalue weighted by Crippen LogP contribution is 2.47. The van der Waals surface area contributed by atoms with Gasteiger partial charge in [-0.05, 0) is 60.4 Å². The van der Waals surface area contributed by atoms with Crippen LogP contribution in [0.1, 0.15) is 64.7 Å². The van der Waals surface area contributed by atoms with Crippen molar-refractivity contribution in [1.29, 1.82) is 0 Å². The lowest BCUT2D eigenvalue weighted by Gasteiger charge is -2.42. The summed E-state index contributed by atoms with van der Waals surface area (Å²) in [4.78, 5) is 1.61. The highest BCUT2D eigenvalue weighted by atomic mass is 32.1. The summed E-state index contributed by atoms with van der Waals surface area (Å²) in [6.07, 6.45) is 4.15. The van der Waals surface area contributed by atoms with Gasteiger partial charge in [0.1, 0.15) is 0 Å². The molecule has 1 aromatic rings. The third-order valence-electron chi connectivity index (χ3n) is 4.92. The standard InChI is InChI=1S/C18H31NS/c1-13(2)19-12-14-8-9-15(18(3,4)5)11-16(14)17-7-6-10-20-17/h6-7,10,13-16,19H,8-9,11-12H2,1-5H3. The van der Waals surface area contributed by atoms with Gasteiger partial charge in [0, 0.05) is 10.9 Å². The van der Waals surface area contributed by atoms with Gasteiger partial charge >= 0.3 is 0 Å². The Kier molecular flexibility index (Phi) is 5.30. The number of hydrogen-bond acceptors (Lipinski definition) is 2. The number of hydrogen-bond donors (Lipinski definition) is 1. The van der Waals surface area contributed by atoms with Crippen LogP contribution < -0.4 is 5.32 Å². The maximum absolute atomic E-state index is 3.67. The molecular weight excluding hydrogens is 262 g/mol. The Balaban J connectivity index is 2.09. The van der Waals surface area contributed by atoms with Crippen molar-refractivity contribution < 1.29 is 0 Å². The van der Waals surface area contributed by atoms with Gasteiger partial charge in [0.2, 0.25) is 0 Å². The van der Waals surface area contributed by atoms with Crippen LogP contribution in [0.5, 0.6) is 0 Å². The molecule has 20 heavy (non-hydrogen) atoms. The van der Waals surface area contributed by atoms with Gasteiger partial charge in [0.25, 0.3) is 0 Å². The van der Waals surface area contributed by atoms with Crippen molar-refractivity contribution in [2.75, 3.05) is 6.54 Å². The van der Waals surface area contributed by atoms with Gasteiger partial charge < -0.3 is 5.32 Å². The number of thiophene rings is 1. The molecule has 2 rings (SSSR count). The second kappa shape index (κ2) is 6.62. The normalized spacial score (nSPS) is 28.0. The van der Waals surface area contributed by atoms with Crippen molar-refractivity contribution in [3.63, 3.8) is 0 Å². The Labute approximate surface area is 129 Å². The Morgan fingerprint density at radius 1 is 1.30 bits per heavy atom. The van der Waals surface area contributed by atoms with Crippen molar-refractivity contribution >= 4 is 11.3 Å². The van der Waals surface area contributed by atoms with Gasteiger partial charge in [-0.3, -0.25) is 0 Å². The second-order valence-corrected chi connectivity index (χ2v) is 8.80. The van der Waals surface area contributed by atoms with E-state index in [9.17, 15) is 0 Å². The van der Waals surface area contributed by atoms with Crippen LogP contribution in [0, 0.1) is 17.3 Å². The van der Waals surface area contributed by atoms with Gasteiger partial charge in [-0.2, -0.15) is 0 Å². The molecule has 0 bridgehead atoms. The highest BCUT2D eigenvalue weighted by molar-refractivity contribution is 7.10. The van der Waals surface area contributed by atoms with E-state index >= 15 is 0 Å². The smallest absolute Gasteiger partial charge is 0.00795 e. The minimum absolute atomic E-state index is 0.450. The maximum Gasteiger partial charge on any atom is 0.00795 e. The first-order valence-corrected chi connectivity index (χ1v) is 9.02. The molecule has 1 heterocycles. The fourth-order valence-corrected chi connectivity index (χ4v) is 4.44. The molecule has 0 saturated heterocycles. The van der Waals surface area contributed by atoms with Crippen LogP contribution in [0.2, 0.25) is 0 Å². The summed E-state index contributed by atoms with van der Waals surface area (Å²) >= 11 is 1.95. The molecule has 0 aliphatic heterocycles. The predicted octanol–water partition coefficient (Wildman–Crippen LogP) is 5.29. The summed E-state index contributed by atoms with van der Waals surface area (Å²) in [6.45, 7) is 12.9. The van der Waals surface area contributed by atoms with Crippen molar-refractivity contribution in [3.8, 4) is 0 Å². The van der Waals surface area contributed by atoms with Crippen molar-refractivity contribution in [2.24, 2.45) is 17.3 Å². The van der Waals surface area contributed by atoms with Gasteiger partial charge in [-0.25, -0.2) is 0 Å². The molecule has 114 valence electrons. The minimum Gasteiger partial charge on any atom is -0.314 e. The Morgan fingerprint density at radius 2 is 2.05 bits per heavy atom. The zero-order valence-corrected chi connectivity index (χ0v) is 14.6. The van der Waals surface area contributed by atoms with Crippen molar-refractivity contribution in [2.45, 2.75) is 65.8 Å². The molecule has 1 N–H and O–H groups in total. The predicted molar refractivity (Wildman–Crippen MR) is 90.5 cm³/mol. The van der Waals surface area contributed by atoms with E-state index in [1.807, 2.05) is 11.3 Å². The van der Waals surface area contributed by atoms with Gasteiger partial charge in [0.05, 0.1) is 0 Å². The van der Waals surface area contributed by atoms with Gasteiger partial charge in [0.15, 0.2) is 0 Å². The Bertz CT molecular complexity index is 388. The molecule has 0 spiro atoms. The molecule has 1 saturated carbocycles. The first kappa shape index (κ1) is 16.0. The van der Waals surface area contributed by atoms with Crippen LogP contribution in [0.15, 0.2) is 17.5 Å². The summed E-state index contributed by atoms with van der Waals surface area (Å²) in [5, 5.41) is 5.90. The summed E-state index contributed by atoms with van der Waals surface area (Å²) in [5.41, 5.74) is 0.450. The lowest BCUT2D eigenvalue weighted by atomic mass is 9.65. The van der Waals surface area contributed by atoms with Gasteiger partial charge in [-0.15, -0.1) is 11.3 Å². The highest BCUT2D eigenvalue weighted by Gasteiger charge is 2.36. The largest absolute Gasteiger partial charge is 0.314 e. The second-order valence-electron chi connectivity index (χ2n) is 7.82. The zero-order valence-electron chi connectivity index (χ0n) is 13.8. The van der Waals surface area contributed by atoms with Crippen LogP contribution in [0.4, 0.5) is 0 Å². The molecule has 3 atom stereocenters. The average Bonchev–Trinajstić information content (AvgIpc) is 2.88. The molecule has 1 nitrogen and oxygen atoms in total. The lowest BCUT2D eigenvalue weighted by Crippen LogP contribution is -2.37. The molecule has 0 amide bonds. The molecule has 1 aromatic heterocycles. The molecule has 2 heteroatoms. The maximum atomic E-state index is 3.67. The molecule has 1 fully saturated rings. The van der Waals surface area contributed by atoms with E-state index in [0.717, 1.165) is 17.8 Å². The summed E-state index contributed by atoms with van der Waals surface area (Å²) in [7, 11) is 0. The first-order valence-electron chi connectivity index (χ1n) is 8.14. The van der Waals surface area contributed by atoms with E-state index < -0.39 is 0 Å². The molecule has 0 aromatic carbocycles. The van der Waals surface area contributed by atoms with Crippen LogP contribution in [0.25, 0.3) is 0 Å². The Morgan fingerprint density at radius 3 is 2.60 bits per heavy atom. The monoisotopic (exact) mass is 293 g/mol. The Hall–Kier alpha value is -0.340. The minimum atomic E-state index is 0.450. The van der Waals surface area contributed by atoms with Crippen molar-refractivity contribution in [3.05, 3.63) is 22.4 Å². The zero-order chi connectivity index (χ0) is 14.8. The van der Waals surface area contributed by atoms with Crippen LogP contribution in [-0.2, 0) is 0 Å². The fourth-order valence-electron chi connectivity index (χ4n) is 3.50. The van der Waals surface area contributed by atoms with E-state index in [-0.39, 0.29) is 0 Å². The van der Waals surface area contributed by atoms with E-state index in [1.165, 1.54) is 25.8 Å². The van der Waals surface area contributed by atoms with Crippen LogP contribution >= 0.6 is 11.3 Å². The molecule has 3 unspecified atom stereocenters. The summed E-state index contributed by atoms with van der Waals surface area (Å²) < 4.78 is 0. The topological polar surface area (TPSA) is 12.0 Å². The fraction of sp³-hybridized carbons (Fsp3) is 0.778. The third kappa shape index (κ3) is 4.08. The first-order chi connectivity index (χ1) is 9.38. The number of rotatable bonds is 4. The average molecular weight is 294 g/mol. The van der Waals surface area contributed by atoms with Gasteiger partial charge in [-0.1, -0.05) is 40.7 Å². The van der Waals surface area contributed by atoms with E-state index in [1.54, 1.807) is 4.88 Å². The lowest BCUT2D eigenvalue weighted by molar-refractivity contribution is 0.129. The molecular formula is C18H31NS.